The second kappa shape index (κ2) is 9.62. The number of nitrogens with one attached hydrogen (secondary N) is 2. The van der Waals surface area contributed by atoms with Crippen LogP contribution in [0.2, 0.25) is 0 Å². The van der Waals surface area contributed by atoms with Crippen molar-refractivity contribution < 1.29 is 0 Å². The number of hydrogen-bond acceptors (Lipinski definition) is 4. The summed E-state index contributed by atoms with van der Waals surface area (Å²) in [5.41, 5.74) is 9.24. The van der Waals surface area contributed by atoms with Gasteiger partial charge in [-0.1, -0.05) is 48.4 Å². The summed E-state index contributed by atoms with van der Waals surface area (Å²) in [6.07, 6.45) is 15.2. The molecule has 1 fully saturated rings. The lowest BCUT2D eigenvalue weighted by molar-refractivity contribution is 0.349. The maximum Gasteiger partial charge on any atom is 0.112 e. The Bertz CT molecular complexity index is 594. The lowest BCUT2D eigenvalue weighted by atomic mass is 9.93. The molecule has 4 N–H and O–H groups in total. The van der Waals surface area contributed by atoms with E-state index in [1.165, 1.54) is 30.4 Å². The molecule has 0 aromatic carbocycles. The highest BCUT2D eigenvalue weighted by atomic mass is 35.5. The predicted molar refractivity (Wildman–Crippen MR) is 104 cm³/mol. The lowest BCUT2D eigenvalue weighted by Crippen LogP contribution is -2.36. The molecule has 0 radical (unpaired) electrons. The SMILES string of the molecule is C=C/C=C(C)/C=C(/CN=CC1=C(Cl)NC=CC1N)CNC1CCC1. The van der Waals surface area contributed by atoms with E-state index < -0.39 is 0 Å². The standard InChI is InChI=1S/C19H27ClN4/c1-3-5-14(2)10-15(12-24-16-6-4-7-16)11-22-13-17-18(21)8-9-23-19(17)20/h3,5,8-10,13,16,18,23-24H,1,4,6-7,11-12,21H2,2H3/b14-5+,15-10-,22-13?. The maximum atomic E-state index is 6.15. The van der Waals surface area contributed by atoms with Gasteiger partial charge in [0.05, 0.1) is 12.6 Å². The van der Waals surface area contributed by atoms with Gasteiger partial charge in [-0.2, -0.15) is 0 Å². The van der Waals surface area contributed by atoms with Crippen molar-refractivity contribution in [3.8, 4) is 0 Å². The van der Waals surface area contributed by atoms with Crippen LogP contribution in [0.1, 0.15) is 26.2 Å². The Kier molecular flexibility index (Phi) is 7.50. The zero-order valence-corrected chi connectivity index (χ0v) is 15.0. The maximum absolute atomic E-state index is 6.15. The van der Waals surface area contributed by atoms with Gasteiger partial charge in [-0.15, -0.1) is 0 Å². The van der Waals surface area contributed by atoms with E-state index in [0.29, 0.717) is 17.7 Å². The highest BCUT2D eigenvalue weighted by Crippen LogP contribution is 2.18. The minimum Gasteiger partial charge on any atom is -0.352 e. The molecule has 0 saturated heterocycles. The molecule has 5 heteroatoms. The van der Waals surface area contributed by atoms with E-state index in [4.69, 9.17) is 17.3 Å². The summed E-state index contributed by atoms with van der Waals surface area (Å²) in [4.78, 5) is 4.55. The Morgan fingerprint density at radius 3 is 2.96 bits per heavy atom. The van der Waals surface area contributed by atoms with Gasteiger partial charge in [0.25, 0.3) is 0 Å². The topological polar surface area (TPSA) is 62.4 Å². The fraction of sp³-hybridized carbons (Fsp3) is 0.421. The van der Waals surface area contributed by atoms with E-state index in [0.717, 1.165) is 12.1 Å². The number of aliphatic imine (C=N–C) groups is 1. The summed E-state index contributed by atoms with van der Waals surface area (Å²) in [6, 6.07) is 0.435. The van der Waals surface area contributed by atoms with Crippen LogP contribution < -0.4 is 16.4 Å². The average molecular weight is 347 g/mol. The first-order chi connectivity index (χ1) is 11.6. The Morgan fingerprint density at radius 1 is 1.54 bits per heavy atom. The van der Waals surface area contributed by atoms with Crippen LogP contribution in [0.5, 0.6) is 0 Å². The fourth-order valence-electron chi connectivity index (χ4n) is 2.56. The van der Waals surface area contributed by atoms with E-state index >= 15 is 0 Å². The van der Waals surface area contributed by atoms with Crippen molar-refractivity contribution in [2.45, 2.75) is 38.3 Å². The molecule has 0 aromatic rings. The average Bonchev–Trinajstić information content (AvgIpc) is 2.48. The van der Waals surface area contributed by atoms with E-state index in [9.17, 15) is 0 Å². The molecular formula is C19H27ClN4. The normalized spacial score (nSPS) is 22.7. The first kappa shape index (κ1) is 18.7. The second-order valence-corrected chi connectivity index (χ2v) is 6.60. The predicted octanol–water partition coefficient (Wildman–Crippen LogP) is 3.15. The smallest absolute Gasteiger partial charge is 0.112 e. The summed E-state index contributed by atoms with van der Waals surface area (Å²) in [6.45, 7) is 7.28. The van der Waals surface area contributed by atoms with Crippen molar-refractivity contribution in [3.05, 3.63) is 59.0 Å². The van der Waals surface area contributed by atoms with Gasteiger partial charge in [0, 0.05) is 24.4 Å². The van der Waals surface area contributed by atoms with Gasteiger partial charge < -0.3 is 16.4 Å². The minimum absolute atomic E-state index is 0.217. The van der Waals surface area contributed by atoms with E-state index in [1.807, 2.05) is 12.2 Å². The van der Waals surface area contributed by atoms with Gasteiger partial charge in [-0.3, -0.25) is 4.99 Å². The molecule has 2 aliphatic rings. The quantitative estimate of drug-likeness (QED) is 0.359. The lowest BCUT2D eigenvalue weighted by Gasteiger charge is -2.27. The van der Waals surface area contributed by atoms with E-state index in [-0.39, 0.29) is 6.04 Å². The van der Waals surface area contributed by atoms with Crippen molar-refractivity contribution in [3.63, 3.8) is 0 Å². The summed E-state index contributed by atoms with van der Waals surface area (Å²) in [7, 11) is 0. The molecule has 2 rings (SSSR count). The van der Waals surface area contributed by atoms with Gasteiger partial charge in [0.2, 0.25) is 0 Å². The Hall–Kier alpha value is -1.62. The van der Waals surface area contributed by atoms with Crippen molar-refractivity contribution >= 4 is 17.8 Å². The molecular weight excluding hydrogens is 320 g/mol. The molecule has 1 aliphatic carbocycles. The molecule has 1 saturated carbocycles. The molecule has 0 spiro atoms. The highest BCUT2D eigenvalue weighted by Gasteiger charge is 2.16. The molecule has 24 heavy (non-hydrogen) atoms. The summed E-state index contributed by atoms with van der Waals surface area (Å²) in [5.74, 6) is 0. The van der Waals surface area contributed by atoms with E-state index in [2.05, 4.69) is 35.2 Å². The third kappa shape index (κ3) is 5.78. The minimum atomic E-state index is -0.217. The van der Waals surface area contributed by atoms with Crippen LogP contribution in [-0.4, -0.2) is 31.4 Å². The van der Waals surface area contributed by atoms with Crippen LogP contribution in [0, 0.1) is 0 Å². The molecule has 0 aromatic heterocycles. The Labute approximate surface area is 149 Å². The number of allylic oxidation sites excluding steroid dienone is 4. The fourth-order valence-corrected chi connectivity index (χ4v) is 2.80. The highest BCUT2D eigenvalue weighted by molar-refractivity contribution is 6.31. The van der Waals surface area contributed by atoms with Gasteiger partial charge in [-0.05, 0) is 37.6 Å². The first-order valence-corrected chi connectivity index (χ1v) is 8.78. The van der Waals surface area contributed by atoms with Gasteiger partial charge >= 0.3 is 0 Å². The largest absolute Gasteiger partial charge is 0.352 e. The number of hydrogen-bond donors (Lipinski definition) is 3. The monoisotopic (exact) mass is 346 g/mol. The summed E-state index contributed by atoms with van der Waals surface area (Å²) < 4.78 is 0. The van der Waals surface area contributed by atoms with Crippen molar-refractivity contribution in [1.29, 1.82) is 0 Å². The second-order valence-electron chi connectivity index (χ2n) is 6.23. The van der Waals surface area contributed by atoms with Crippen molar-refractivity contribution in [2.24, 2.45) is 10.7 Å². The number of nitrogens with zero attached hydrogens (tertiary/aromatic N) is 1. The van der Waals surface area contributed by atoms with Crippen LogP contribution in [0.15, 0.2) is 64.0 Å². The molecule has 1 aliphatic heterocycles. The van der Waals surface area contributed by atoms with Crippen molar-refractivity contribution in [1.82, 2.24) is 10.6 Å². The number of halogens is 1. The number of dihydropyridines is 1. The molecule has 1 unspecified atom stereocenters. The number of nitrogens with two attached hydrogens (primary N) is 1. The third-order valence-electron chi connectivity index (χ3n) is 4.19. The van der Waals surface area contributed by atoms with Crippen LogP contribution in [-0.2, 0) is 0 Å². The Morgan fingerprint density at radius 2 is 2.33 bits per heavy atom. The summed E-state index contributed by atoms with van der Waals surface area (Å²) in [5, 5.41) is 7.08. The molecule has 0 bridgehead atoms. The van der Waals surface area contributed by atoms with Crippen LogP contribution >= 0.6 is 11.6 Å². The molecule has 1 heterocycles. The van der Waals surface area contributed by atoms with Crippen LogP contribution in [0.25, 0.3) is 0 Å². The van der Waals surface area contributed by atoms with Crippen molar-refractivity contribution in [2.75, 3.05) is 13.1 Å². The van der Waals surface area contributed by atoms with Crippen LogP contribution in [0.4, 0.5) is 0 Å². The molecule has 4 nitrogen and oxygen atoms in total. The van der Waals surface area contributed by atoms with Gasteiger partial charge in [0.1, 0.15) is 5.16 Å². The first-order valence-electron chi connectivity index (χ1n) is 8.40. The Balaban J connectivity index is 1.99. The van der Waals surface area contributed by atoms with Gasteiger partial charge in [0.15, 0.2) is 0 Å². The zero-order valence-electron chi connectivity index (χ0n) is 14.3. The number of rotatable bonds is 8. The van der Waals surface area contributed by atoms with Crippen LogP contribution in [0.3, 0.4) is 0 Å². The summed E-state index contributed by atoms with van der Waals surface area (Å²) >= 11 is 6.15. The van der Waals surface area contributed by atoms with E-state index in [1.54, 1.807) is 18.5 Å². The third-order valence-corrected chi connectivity index (χ3v) is 4.51. The molecule has 1 atom stereocenters. The van der Waals surface area contributed by atoms with Gasteiger partial charge in [-0.25, -0.2) is 0 Å². The molecule has 0 amide bonds. The zero-order chi connectivity index (χ0) is 17.4. The molecule has 130 valence electrons.